The highest BCUT2D eigenvalue weighted by Gasteiger charge is 2.16. The largest absolute Gasteiger partial charge is 0.371 e. The summed E-state index contributed by atoms with van der Waals surface area (Å²) in [7, 11) is 3.16. The molecule has 2 heterocycles. The smallest absolute Gasteiger partial charge is 0.332 e. The number of anilines is 2. The van der Waals surface area contributed by atoms with Crippen molar-refractivity contribution in [3.8, 4) is 0 Å². The van der Waals surface area contributed by atoms with E-state index < -0.39 is 0 Å². The number of benzene rings is 1. The predicted molar refractivity (Wildman–Crippen MR) is 115 cm³/mol. The third-order valence-electron chi connectivity index (χ3n) is 5.30. The zero-order chi connectivity index (χ0) is 20.1. The zero-order valence-electron chi connectivity index (χ0n) is 16.5. The molecule has 1 N–H and O–H groups in total. The first-order valence-electron chi connectivity index (χ1n) is 9.69. The standard InChI is InChI=1S/C20H28ClN5O2/c1-23-18(15-19(27)24(2)20(23)28)22-9-3-4-10-25-11-13-26(14-12-25)17-7-5-16(21)6-8-17/h5-8,15,22H,3-4,9-14H2,1-2H3. The van der Waals surface area contributed by atoms with Gasteiger partial charge in [0, 0.05) is 63.6 Å². The first kappa shape index (κ1) is 20.5. The van der Waals surface area contributed by atoms with Gasteiger partial charge in [-0.05, 0) is 43.7 Å². The molecule has 0 bridgehead atoms. The number of nitrogens with zero attached hydrogens (tertiary/aromatic N) is 4. The van der Waals surface area contributed by atoms with Gasteiger partial charge in [-0.3, -0.25) is 18.8 Å². The van der Waals surface area contributed by atoms with Crippen molar-refractivity contribution < 1.29 is 0 Å². The van der Waals surface area contributed by atoms with Crippen molar-refractivity contribution in [3.05, 3.63) is 56.2 Å². The van der Waals surface area contributed by atoms with Crippen molar-refractivity contribution in [3.63, 3.8) is 0 Å². The van der Waals surface area contributed by atoms with E-state index in [1.54, 1.807) is 7.05 Å². The molecule has 1 aliphatic heterocycles. The van der Waals surface area contributed by atoms with Gasteiger partial charge < -0.3 is 10.2 Å². The molecule has 1 fully saturated rings. The first-order valence-corrected chi connectivity index (χ1v) is 10.1. The van der Waals surface area contributed by atoms with Crippen LogP contribution in [0.4, 0.5) is 11.5 Å². The summed E-state index contributed by atoms with van der Waals surface area (Å²) in [6.07, 6.45) is 2.06. The summed E-state index contributed by atoms with van der Waals surface area (Å²) in [6.45, 7) is 5.96. The number of nitrogens with one attached hydrogen (secondary N) is 1. The summed E-state index contributed by atoms with van der Waals surface area (Å²) < 4.78 is 2.58. The molecule has 152 valence electrons. The third kappa shape index (κ3) is 4.97. The van der Waals surface area contributed by atoms with Crippen LogP contribution in [0.3, 0.4) is 0 Å². The average molecular weight is 406 g/mol. The lowest BCUT2D eigenvalue weighted by atomic mass is 10.2. The average Bonchev–Trinajstić information content (AvgIpc) is 2.71. The van der Waals surface area contributed by atoms with Gasteiger partial charge in [-0.2, -0.15) is 0 Å². The third-order valence-corrected chi connectivity index (χ3v) is 5.55. The Morgan fingerprint density at radius 3 is 2.32 bits per heavy atom. The van der Waals surface area contributed by atoms with Crippen molar-refractivity contribution >= 4 is 23.1 Å². The lowest BCUT2D eigenvalue weighted by Gasteiger charge is -2.36. The van der Waals surface area contributed by atoms with Crippen LogP contribution in [0.5, 0.6) is 0 Å². The Kier molecular flexibility index (Phi) is 6.80. The van der Waals surface area contributed by atoms with Gasteiger partial charge in [0.05, 0.1) is 0 Å². The van der Waals surface area contributed by atoms with Gasteiger partial charge in [0.1, 0.15) is 5.82 Å². The second kappa shape index (κ2) is 9.30. The lowest BCUT2D eigenvalue weighted by Crippen LogP contribution is -2.46. The summed E-state index contributed by atoms with van der Waals surface area (Å²) in [6, 6.07) is 9.50. The lowest BCUT2D eigenvalue weighted by molar-refractivity contribution is 0.254. The highest BCUT2D eigenvalue weighted by molar-refractivity contribution is 6.30. The minimum Gasteiger partial charge on any atom is -0.371 e. The molecule has 28 heavy (non-hydrogen) atoms. The maximum atomic E-state index is 11.9. The molecule has 2 aromatic rings. The molecular weight excluding hydrogens is 378 g/mol. The van der Waals surface area contributed by atoms with E-state index in [9.17, 15) is 9.59 Å². The summed E-state index contributed by atoms with van der Waals surface area (Å²) in [5.74, 6) is 0.574. The second-order valence-electron chi connectivity index (χ2n) is 7.21. The van der Waals surface area contributed by atoms with E-state index >= 15 is 0 Å². The van der Waals surface area contributed by atoms with Crippen LogP contribution in [0.1, 0.15) is 12.8 Å². The van der Waals surface area contributed by atoms with Crippen LogP contribution in [-0.2, 0) is 14.1 Å². The molecule has 0 saturated carbocycles. The Bertz CT molecular complexity index is 898. The SMILES string of the molecule is Cn1c(NCCCCN2CCN(c3ccc(Cl)cc3)CC2)cc(=O)n(C)c1=O. The number of rotatable bonds is 7. The van der Waals surface area contributed by atoms with Crippen LogP contribution in [-0.4, -0.2) is 53.3 Å². The Morgan fingerprint density at radius 2 is 1.64 bits per heavy atom. The van der Waals surface area contributed by atoms with Crippen molar-refractivity contribution in [1.82, 2.24) is 14.0 Å². The van der Waals surface area contributed by atoms with E-state index in [0.29, 0.717) is 5.82 Å². The van der Waals surface area contributed by atoms with Gasteiger partial charge in [-0.1, -0.05) is 11.6 Å². The highest BCUT2D eigenvalue weighted by Crippen LogP contribution is 2.19. The van der Waals surface area contributed by atoms with Gasteiger partial charge in [-0.25, -0.2) is 4.79 Å². The molecule has 0 unspecified atom stereocenters. The number of aromatic nitrogens is 2. The molecule has 1 aliphatic rings. The van der Waals surface area contributed by atoms with E-state index in [1.807, 2.05) is 12.1 Å². The van der Waals surface area contributed by atoms with E-state index in [2.05, 4.69) is 27.2 Å². The molecule has 0 aliphatic carbocycles. The van der Waals surface area contributed by atoms with Crippen LogP contribution in [0.15, 0.2) is 39.9 Å². The maximum Gasteiger partial charge on any atom is 0.332 e. The molecule has 0 spiro atoms. The predicted octanol–water partition coefficient (Wildman–Crippen LogP) is 1.75. The van der Waals surface area contributed by atoms with Crippen molar-refractivity contribution in [1.29, 1.82) is 0 Å². The van der Waals surface area contributed by atoms with E-state index in [4.69, 9.17) is 11.6 Å². The van der Waals surface area contributed by atoms with Gasteiger partial charge in [-0.15, -0.1) is 0 Å². The highest BCUT2D eigenvalue weighted by atomic mass is 35.5. The number of unbranched alkanes of at least 4 members (excludes halogenated alkanes) is 1. The molecule has 7 nitrogen and oxygen atoms in total. The second-order valence-corrected chi connectivity index (χ2v) is 7.64. The maximum absolute atomic E-state index is 11.9. The molecule has 0 radical (unpaired) electrons. The minimum atomic E-state index is -0.312. The molecule has 8 heteroatoms. The van der Waals surface area contributed by atoms with Crippen LogP contribution in [0.2, 0.25) is 5.02 Å². The molecule has 1 saturated heterocycles. The number of hydrogen-bond donors (Lipinski definition) is 1. The molecule has 0 atom stereocenters. The monoisotopic (exact) mass is 405 g/mol. The minimum absolute atomic E-state index is 0.288. The van der Waals surface area contributed by atoms with Crippen molar-refractivity contribution in [2.45, 2.75) is 12.8 Å². The summed E-state index contributed by atoms with van der Waals surface area (Å²) >= 11 is 5.96. The molecule has 0 amide bonds. The Hall–Kier alpha value is -2.25. The molecular formula is C20H28ClN5O2. The fourth-order valence-corrected chi connectivity index (χ4v) is 3.59. The van der Waals surface area contributed by atoms with Gasteiger partial charge in [0.25, 0.3) is 5.56 Å². The molecule has 1 aromatic heterocycles. The normalized spacial score (nSPS) is 15.0. The quantitative estimate of drug-likeness (QED) is 0.711. The van der Waals surface area contributed by atoms with Crippen LogP contribution in [0, 0.1) is 0 Å². The van der Waals surface area contributed by atoms with Gasteiger partial charge in [0.15, 0.2) is 0 Å². The first-order chi connectivity index (χ1) is 13.5. The summed E-state index contributed by atoms with van der Waals surface area (Å²) in [5.41, 5.74) is 0.630. The zero-order valence-corrected chi connectivity index (χ0v) is 17.3. The van der Waals surface area contributed by atoms with Crippen LogP contribution in [0.25, 0.3) is 0 Å². The summed E-state index contributed by atoms with van der Waals surface area (Å²) in [4.78, 5) is 28.5. The number of hydrogen-bond acceptors (Lipinski definition) is 5. The van der Waals surface area contributed by atoms with E-state index in [0.717, 1.165) is 61.7 Å². The van der Waals surface area contributed by atoms with Crippen LogP contribution < -0.4 is 21.5 Å². The van der Waals surface area contributed by atoms with Crippen LogP contribution >= 0.6 is 11.6 Å². The fraction of sp³-hybridized carbons (Fsp3) is 0.500. The van der Waals surface area contributed by atoms with E-state index in [-0.39, 0.29) is 11.2 Å². The molecule has 3 rings (SSSR count). The fourth-order valence-electron chi connectivity index (χ4n) is 3.46. The Balaban J connectivity index is 1.37. The number of halogens is 1. The topological polar surface area (TPSA) is 62.5 Å². The number of piperazine rings is 1. The van der Waals surface area contributed by atoms with Gasteiger partial charge in [0.2, 0.25) is 0 Å². The van der Waals surface area contributed by atoms with E-state index in [1.165, 1.54) is 23.4 Å². The van der Waals surface area contributed by atoms with Gasteiger partial charge >= 0.3 is 5.69 Å². The Labute approximate surface area is 170 Å². The van der Waals surface area contributed by atoms with Crippen molar-refractivity contribution in [2.24, 2.45) is 14.1 Å². The van der Waals surface area contributed by atoms with Crippen molar-refractivity contribution in [2.75, 3.05) is 49.5 Å². The summed E-state index contributed by atoms with van der Waals surface area (Å²) in [5, 5.41) is 3.98. The Morgan fingerprint density at radius 1 is 0.964 bits per heavy atom. The molecule has 1 aromatic carbocycles.